The van der Waals surface area contributed by atoms with Crippen LogP contribution in [0.4, 0.5) is 0 Å². The minimum Gasteiger partial charge on any atom is -0.462 e. The van der Waals surface area contributed by atoms with Crippen molar-refractivity contribution in [2.75, 3.05) is 0 Å². The van der Waals surface area contributed by atoms with Crippen LogP contribution in [0, 0.1) is 0 Å². The predicted molar refractivity (Wildman–Crippen MR) is 107 cm³/mol. The fourth-order valence-corrected chi connectivity index (χ4v) is 4.99. The van der Waals surface area contributed by atoms with Crippen molar-refractivity contribution < 1.29 is 9.53 Å². The molecule has 0 amide bonds. The quantitative estimate of drug-likeness (QED) is 0.442. The number of allylic oxidation sites excluding steroid dienone is 2. The normalized spacial score (nSPS) is 22.7. The van der Waals surface area contributed by atoms with Crippen molar-refractivity contribution in [1.82, 2.24) is 9.55 Å². The van der Waals surface area contributed by atoms with Crippen molar-refractivity contribution >= 4 is 28.6 Å². The van der Waals surface area contributed by atoms with Gasteiger partial charge in [0.2, 0.25) is 0 Å². The largest absolute Gasteiger partial charge is 0.462 e. The van der Waals surface area contributed by atoms with Gasteiger partial charge < -0.3 is 4.74 Å². The molecule has 1 fully saturated rings. The van der Waals surface area contributed by atoms with Crippen LogP contribution in [0.25, 0.3) is 10.9 Å². The van der Waals surface area contributed by atoms with Gasteiger partial charge in [-0.25, -0.2) is 4.98 Å². The number of carbonyl (C=O) groups excluding carboxylic acids is 1. The highest BCUT2D eigenvalue weighted by molar-refractivity contribution is 8.00. The van der Waals surface area contributed by atoms with Gasteiger partial charge in [0.1, 0.15) is 11.4 Å². The van der Waals surface area contributed by atoms with Gasteiger partial charge in [0.05, 0.1) is 10.9 Å². The van der Waals surface area contributed by atoms with E-state index >= 15 is 0 Å². The second kappa shape index (κ2) is 7.89. The van der Waals surface area contributed by atoms with E-state index < -0.39 is 0 Å². The highest BCUT2D eigenvalue weighted by Crippen LogP contribution is 2.32. The minimum absolute atomic E-state index is 0.0288. The maximum atomic E-state index is 13.1. The summed E-state index contributed by atoms with van der Waals surface area (Å²) in [7, 11) is 0. The third-order valence-electron chi connectivity index (χ3n) is 5.24. The van der Waals surface area contributed by atoms with Crippen molar-refractivity contribution in [3.8, 4) is 0 Å². The average Bonchev–Trinajstić information content (AvgIpc) is 2.99. The molecule has 0 unspecified atom stereocenters. The Balaban J connectivity index is 1.67. The number of aromatic nitrogens is 2. The number of thioether (sulfide) groups is 1. The number of para-hydroxylation sites is 1. The fraction of sp³-hybridized carbons (Fsp3) is 0.476. The first-order valence-corrected chi connectivity index (χ1v) is 10.5. The molecule has 142 valence electrons. The second-order valence-electron chi connectivity index (χ2n) is 7.32. The molecule has 0 saturated carbocycles. The molecule has 0 spiro atoms. The van der Waals surface area contributed by atoms with E-state index in [0.717, 1.165) is 19.3 Å². The Morgan fingerprint density at radius 2 is 2.11 bits per heavy atom. The second-order valence-corrected chi connectivity index (χ2v) is 8.49. The Kier molecular flexibility index (Phi) is 5.34. The van der Waals surface area contributed by atoms with Crippen LogP contribution in [0.5, 0.6) is 0 Å². The number of carbonyl (C=O) groups is 1. The van der Waals surface area contributed by atoms with Crippen LogP contribution >= 0.6 is 11.8 Å². The Morgan fingerprint density at radius 1 is 1.26 bits per heavy atom. The first-order valence-electron chi connectivity index (χ1n) is 9.66. The minimum atomic E-state index is -0.298. The number of ether oxygens (including phenoxy) is 1. The zero-order valence-electron chi connectivity index (χ0n) is 15.5. The lowest BCUT2D eigenvalue weighted by Crippen LogP contribution is -2.25. The van der Waals surface area contributed by atoms with E-state index in [2.05, 4.69) is 6.08 Å². The molecule has 1 aromatic carbocycles. The SMILES string of the molecule is C[C@@H]1C[C@@H](Sc2nc3ccccc3c(=O)n2CCC2=CCCCC2)C(=O)O1. The summed E-state index contributed by atoms with van der Waals surface area (Å²) >= 11 is 1.36. The van der Waals surface area contributed by atoms with Crippen molar-refractivity contribution in [3.05, 3.63) is 46.3 Å². The van der Waals surface area contributed by atoms with E-state index in [4.69, 9.17) is 9.72 Å². The van der Waals surface area contributed by atoms with Gasteiger partial charge in [-0.3, -0.25) is 14.2 Å². The van der Waals surface area contributed by atoms with E-state index in [1.165, 1.54) is 30.2 Å². The Morgan fingerprint density at radius 3 is 2.85 bits per heavy atom. The van der Waals surface area contributed by atoms with Crippen LogP contribution in [0.3, 0.4) is 0 Å². The number of cyclic esters (lactones) is 1. The number of fused-ring (bicyclic) bond motifs is 1. The number of benzene rings is 1. The van der Waals surface area contributed by atoms with Crippen LogP contribution in [0.2, 0.25) is 0 Å². The maximum absolute atomic E-state index is 13.1. The number of nitrogens with zero attached hydrogens (tertiary/aromatic N) is 2. The molecular weight excluding hydrogens is 360 g/mol. The van der Waals surface area contributed by atoms with Gasteiger partial charge in [0.15, 0.2) is 5.16 Å². The summed E-state index contributed by atoms with van der Waals surface area (Å²) in [6.45, 7) is 2.50. The molecule has 2 aromatic rings. The van der Waals surface area contributed by atoms with E-state index in [-0.39, 0.29) is 22.9 Å². The van der Waals surface area contributed by atoms with Gasteiger partial charge in [-0.15, -0.1) is 0 Å². The molecule has 2 aliphatic rings. The van der Waals surface area contributed by atoms with Gasteiger partial charge in [-0.2, -0.15) is 0 Å². The van der Waals surface area contributed by atoms with Crippen molar-refractivity contribution in [3.63, 3.8) is 0 Å². The highest BCUT2D eigenvalue weighted by atomic mass is 32.2. The Hall–Kier alpha value is -2.08. The molecule has 2 heterocycles. The van der Waals surface area contributed by atoms with Crippen molar-refractivity contribution in [1.29, 1.82) is 0 Å². The van der Waals surface area contributed by atoms with Crippen LogP contribution in [0.1, 0.15) is 45.4 Å². The average molecular weight is 385 g/mol. The molecule has 5 nitrogen and oxygen atoms in total. The zero-order valence-corrected chi connectivity index (χ0v) is 16.3. The number of hydrogen-bond acceptors (Lipinski definition) is 5. The summed E-state index contributed by atoms with van der Waals surface area (Å²) in [6.07, 6.45) is 8.47. The van der Waals surface area contributed by atoms with Crippen LogP contribution in [-0.4, -0.2) is 26.9 Å². The lowest BCUT2D eigenvalue weighted by Gasteiger charge is -2.17. The summed E-state index contributed by atoms with van der Waals surface area (Å²) in [5.74, 6) is -0.212. The van der Waals surface area contributed by atoms with E-state index in [1.54, 1.807) is 4.57 Å². The predicted octanol–water partition coefficient (Wildman–Crippen LogP) is 4.08. The lowest BCUT2D eigenvalue weighted by atomic mass is 9.97. The highest BCUT2D eigenvalue weighted by Gasteiger charge is 2.34. The molecular formula is C21H24N2O3S. The standard InChI is InChI=1S/C21H24N2O3S/c1-14-13-18(20(25)26-14)27-21-22-17-10-6-5-9-16(17)19(24)23(21)12-11-15-7-3-2-4-8-15/h5-7,9-10,14,18H,2-4,8,11-13H2,1H3/t14-,18-/m1/s1. The van der Waals surface area contributed by atoms with Gasteiger partial charge >= 0.3 is 5.97 Å². The zero-order chi connectivity index (χ0) is 18.8. The molecule has 2 atom stereocenters. The monoisotopic (exact) mass is 384 g/mol. The summed E-state index contributed by atoms with van der Waals surface area (Å²) < 4.78 is 7.02. The molecule has 0 radical (unpaired) electrons. The first kappa shape index (κ1) is 18.3. The molecule has 27 heavy (non-hydrogen) atoms. The summed E-state index contributed by atoms with van der Waals surface area (Å²) in [6, 6.07) is 7.42. The number of rotatable bonds is 5. The van der Waals surface area contributed by atoms with E-state index in [9.17, 15) is 9.59 Å². The maximum Gasteiger partial charge on any atom is 0.319 e. The van der Waals surface area contributed by atoms with Crippen molar-refractivity contribution in [2.45, 2.75) is 68.5 Å². The van der Waals surface area contributed by atoms with Crippen LogP contribution in [-0.2, 0) is 16.1 Å². The van der Waals surface area contributed by atoms with Gasteiger partial charge in [-0.05, 0) is 51.2 Å². The molecule has 4 rings (SSSR count). The van der Waals surface area contributed by atoms with E-state index in [1.807, 2.05) is 31.2 Å². The van der Waals surface area contributed by atoms with Crippen LogP contribution < -0.4 is 5.56 Å². The van der Waals surface area contributed by atoms with E-state index in [0.29, 0.717) is 29.0 Å². The summed E-state index contributed by atoms with van der Waals surface area (Å²) in [5.41, 5.74) is 2.07. The molecule has 0 bridgehead atoms. The number of hydrogen-bond donors (Lipinski definition) is 0. The third kappa shape index (κ3) is 3.95. The Bertz CT molecular complexity index is 950. The molecule has 1 aliphatic carbocycles. The molecule has 1 aromatic heterocycles. The van der Waals surface area contributed by atoms with Gasteiger partial charge in [0, 0.05) is 13.0 Å². The molecule has 6 heteroatoms. The molecule has 1 saturated heterocycles. The van der Waals surface area contributed by atoms with Gasteiger partial charge in [-0.1, -0.05) is 35.5 Å². The number of esters is 1. The van der Waals surface area contributed by atoms with Crippen molar-refractivity contribution in [2.24, 2.45) is 0 Å². The topological polar surface area (TPSA) is 61.2 Å². The lowest BCUT2D eigenvalue weighted by molar-refractivity contribution is -0.140. The third-order valence-corrected chi connectivity index (χ3v) is 6.43. The Labute approximate surface area is 162 Å². The first-order chi connectivity index (χ1) is 13.1. The molecule has 1 aliphatic heterocycles. The summed E-state index contributed by atoms with van der Waals surface area (Å²) in [4.78, 5) is 29.9. The smallest absolute Gasteiger partial charge is 0.319 e. The fourth-order valence-electron chi connectivity index (χ4n) is 3.77. The van der Waals surface area contributed by atoms with Gasteiger partial charge in [0.25, 0.3) is 5.56 Å². The van der Waals surface area contributed by atoms with Crippen LogP contribution in [0.15, 0.2) is 45.9 Å². The summed E-state index contributed by atoms with van der Waals surface area (Å²) in [5, 5.41) is 0.946. The molecule has 0 N–H and O–H groups in total.